The van der Waals surface area contributed by atoms with Gasteiger partial charge in [-0.1, -0.05) is 12.1 Å². The molecule has 1 aromatic rings. The van der Waals surface area contributed by atoms with Crippen molar-refractivity contribution in [1.82, 2.24) is 10.2 Å². The Morgan fingerprint density at radius 2 is 2.05 bits per heavy atom. The molecule has 4 nitrogen and oxygen atoms in total. The lowest BCUT2D eigenvalue weighted by atomic mass is 10.0. The number of likely N-dealkylation sites (tertiary alicyclic amines) is 1. The number of benzene rings is 1. The minimum absolute atomic E-state index is 0.0355. The first-order valence-electron chi connectivity index (χ1n) is 6.83. The van der Waals surface area contributed by atoms with E-state index in [0.29, 0.717) is 0 Å². The molecule has 1 N–H and O–H groups in total. The Labute approximate surface area is 114 Å². The molecule has 1 atom stereocenters. The van der Waals surface area contributed by atoms with Crippen LogP contribution in [-0.4, -0.2) is 30.6 Å². The Bertz CT molecular complexity index is 428. The molecule has 2 amide bonds. The predicted octanol–water partition coefficient (Wildman–Crippen LogP) is 2.95. The number of hydrogen-bond donors (Lipinski definition) is 1. The van der Waals surface area contributed by atoms with Gasteiger partial charge in [-0.3, -0.25) is 0 Å². The molecular formula is C15H22N2O2. The lowest BCUT2D eigenvalue weighted by Crippen LogP contribution is -2.42. The van der Waals surface area contributed by atoms with Crippen molar-refractivity contribution in [3.8, 4) is 5.75 Å². The van der Waals surface area contributed by atoms with E-state index in [2.05, 4.69) is 5.32 Å². The van der Waals surface area contributed by atoms with Crippen molar-refractivity contribution in [1.29, 1.82) is 0 Å². The van der Waals surface area contributed by atoms with Gasteiger partial charge in [0, 0.05) is 12.6 Å². The van der Waals surface area contributed by atoms with Crippen molar-refractivity contribution in [3.05, 3.63) is 29.8 Å². The average molecular weight is 262 g/mol. The molecule has 4 heteroatoms. The summed E-state index contributed by atoms with van der Waals surface area (Å²) in [6, 6.07) is 8.38. The largest absolute Gasteiger partial charge is 0.497 e. The van der Waals surface area contributed by atoms with Crippen molar-refractivity contribution in [2.45, 2.75) is 38.8 Å². The molecule has 1 aromatic carbocycles. The molecule has 1 saturated heterocycles. The van der Waals surface area contributed by atoms with Crippen LogP contribution in [0.5, 0.6) is 5.75 Å². The monoisotopic (exact) mass is 262 g/mol. The van der Waals surface area contributed by atoms with E-state index in [-0.39, 0.29) is 18.1 Å². The first-order valence-corrected chi connectivity index (χ1v) is 6.83. The molecule has 1 aliphatic rings. The SMILES string of the molecule is COc1ccc([C@@H]2CCCN2C(=O)NC(C)C)cc1. The Morgan fingerprint density at radius 3 is 2.63 bits per heavy atom. The molecule has 2 rings (SSSR count). The molecule has 0 saturated carbocycles. The summed E-state index contributed by atoms with van der Waals surface area (Å²) in [4.78, 5) is 14.1. The van der Waals surface area contributed by atoms with Crippen molar-refractivity contribution in [2.24, 2.45) is 0 Å². The lowest BCUT2D eigenvalue weighted by Gasteiger charge is -2.26. The molecule has 0 aromatic heterocycles. The van der Waals surface area contributed by atoms with Gasteiger partial charge in [-0.2, -0.15) is 0 Å². The maximum absolute atomic E-state index is 12.2. The number of nitrogens with one attached hydrogen (secondary N) is 1. The molecule has 1 fully saturated rings. The van der Waals surface area contributed by atoms with Gasteiger partial charge < -0.3 is 15.0 Å². The van der Waals surface area contributed by atoms with E-state index in [9.17, 15) is 4.79 Å². The van der Waals surface area contributed by atoms with Crippen molar-refractivity contribution < 1.29 is 9.53 Å². The van der Waals surface area contributed by atoms with Crippen LogP contribution in [0.3, 0.4) is 0 Å². The molecule has 104 valence electrons. The van der Waals surface area contributed by atoms with E-state index in [4.69, 9.17) is 4.74 Å². The number of carbonyl (C=O) groups is 1. The van der Waals surface area contributed by atoms with Gasteiger partial charge in [0.25, 0.3) is 0 Å². The van der Waals surface area contributed by atoms with E-state index in [1.54, 1.807) is 7.11 Å². The van der Waals surface area contributed by atoms with Gasteiger partial charge in [-0.15, -0.1) is 0 Å². The summed E-state index contributed by atoms with van der Waals surface area (Å²) in [6.07, 6.45) is 2.08. The highest BCUT2D eigenvalue weighted by molar-refractivity contribution is 5.75. The maximum atomic E-state index is 12.2. The minimum Gasteiger partial charge on any atom is -0.497 e. The van der Waals surface area contributed by atoms with Crippen LogP contribution >= 0.6 is 0 Å². The van der Waals surface area contributed by atoms with Gasteiger partial charge in [-0.05, 0) is 44.4 Å². The maximum Gasteiger partial charge on any atom is 0.318 e. The van der Waals surface area contributed by atoms with Crippen LogP contribution in [-0.2, 0) is 0 Å². The van der Waals surface area contributed by atoms with E-state index in [1.165, 1.54) is 5.56 Å². The second-order valence-corrected chi connectivity index (χ2v) is 5.23. The van der Waals surface area contributed by atoms with Crippen LogP contribution < -0.4 is 10.1 Å². The van der Waals surface area contributed by atoms with Crippen LogP contribution in [0.15, 0.2) is 24.3 Å². The molecule has 1 aliphatic heterocycles. The smallest absolute Gasteiger partial charge is 0.318 e. The van der Waals surface area contributed by atoms with Crippen LogP contribution in [0.1, 0.15) is 38.3 Å². The Morgan fingerprint density at radius 1 is 1.37 bits per heavy atom. The summed E-state index contributed by atoms with van der Waals surface area (Å²) in [7, 11) is 1.66. The second kappa shape index (κ2) is 5.95. The Kier molecular flexibility index (Phi) is 4.30. The number of methoxy groups -OCH3 is 1. The fraction of sp³-hybridized carbons (Fsp3) is 0.533. The zero-order chi connectivity index (χ0) is 13.8. The lowest BCUT2D eigenvalue weighted by molar-refractivity contribution is 0.190. The summed E-state index contributed by atoms with van der Waals surface area (Å²) in [5, 5.41) is 2.97. The highest BCUT2D eigenvalue weighted by atomic mass is 16.5. The standard InChI is InChI=1S/C15H22N2O2/c1-11(2)16-15(18)17-10-4-5-14(17)12-6-8-13(19-3)9-7-12/h6-9,11,14H,4-5,10H2,1-3H3,(H,16,18)/t14-/m0/s1. The van der Waals surface area contributed by atoms with E-state index < -0.39 is 0 Å². The second-order valence-electron chi connectivity index (χ2n) is 5.23. The molecule has 1 heterocycles. The average Bonchev–Trinajstić information content (AvgIpc) is 2.87. The first-order chi connectivity index (χ1) is 9.11. The van der Waals surface area contributed by atoms with Gasteiger partial charge in [0.15, 0.2) is 0 Å². The summed E-state index contributed by atoms with van der Waals surface area (Å²) in [6.45, 7) is 4.79. The molecule has 0 spiro atoms. The van der Waals surface area contributed by atoms with Gasteiger partial charge in [0.1, 0.15) is 5.75 Å². The van der Waals surface area contributed by atoms with Crippen LogP contribution in [0, 0.1) is 0 Å². The normalized spacial score (nSPS) is 18.7. The predicted molar refractivity (Wildman–Crippen MR) is 75.3 cm³/mol. The molecule has 19 heavy (non-hydrogen) atoms. The first kappa shape index (κ1) is 13.7. The van der Waals surface area contributed by atoms with Crippen molar-refractivity contribution in [3.63, 3.8) is 0 Å². The quantitative estimate of drug-likeness (QED) is 0.910. The van der Waals surface area contributed by atoms with E-state index in [1.807, 2.05) is 43.0 Å². The van der Waals surface area contributed by atoms with Gasteiger partial charge in [0.05, 0.1) is 13.2 Å². The fourth-order valence-electron chi connectivity index (χ4n) is 2.51. The highest BCUT2D eigenvalue weighted by Gasteiger charge is 2.30. The van der Waals surface area contributed by atoms with Crippen molar-refractivity contribution >= 4 is 6.03 Å². The number of rotatable bonds is 3. The Hall–Kier alpha value is -1.71. The van der Waals surface area contributed by atoms with Gasteiger partial charge in [-0.25, -0.2) is 4.79 Å². The number of urea groups is 1. The van der Waals surface area contributed by atoms with Crippen molar-refractivity contribution in [2.75, 3.05) is 13.7 Å². The zero-order valence-corrected chi connectivity index (χ0v) is 11.8. The topological polar surface area (TPSA) is 41.6 Å². The summed E-state index contributed by atoms with van der Waals surface area (Å²) in [5.41, 5.74) is 1.18. The van der Waals surface area contributed by atoms with Gasteiger partial charge in [0.2, 0.25) is 0 Å². The summed E-state index contributed by atoms with van der Waals surface area (Å²) < 4.78 is 5.17. The molecule has 0 radical (unpaired) electrons. The number of amides is 2. The third-order valence-corrected chi connectivity index (χ3v) is 3.43. The number of ether oxygens (including phenoxy) is 1. The number of hydrogen-bond acceptors (Lipinski definition) is 2. The molecule has 0 unspecified atom stereocenters. The van der Waals surface area contributed by atoms with Crippen LogP contribution in [0.25, 0.3) is 0 Å². The third-order valence-electron chi connectivity index (χ3n) is 3.43. The highest BCUT2D eigenvalue weighted by Crippen LogP contribution is 2.32. The third kappa shape index (κ3) is 3.19. The number of carbonyl (C=O) groups excluding carboxylic acids is 1. The molecule has 0 bridgehead atoms. The molecule has 0 aliphatic carbocycles. The summed E-state index contributed by atoms with van der Waals surface area (Å²) in [5.74, 6) is 0.847. The van der Waals surface area contributed by atoms with E-state index >= 15 is 0 Å². The summed E-state index contributed by atoms with van der Waals surface area (Å²) >= 11 is 0. The minimum atomic E-state index is 0.0355. The van der Waals surface area contributed by atoms with E-state index in [0.717, 1.165) is 25.1 Å². The van der Waals surface area contributed by atoms with Crippen LogP contribution in [0.2, 0.25) is 0 Å². The fourth-order valence-corrected chi connectivity index (χ4v) is 2.51. The number of nitrogens with zero attached hydrogens (tertiary/aromatic N) is 1. The Balaban J connectivity index is 2.11. The van der Waals surface area contributed by atoms with Gasteiger partial charge >= 0.3 is 6.03 Å². The zero-order valence-electron chi connectivity index (χ0n) is 11.8. The molecular weight excluding hydrogens is 240 g/mol. The van der Waals surface area contributed by atoms with Crippen LogP contribution in [0.4, 0.5) is 4.79 Å².